The summed E-state index contributed by atoms with van der Waals surface area (Å²) in [6, 6.07) is 15.1. The molecular formula is C21H19NO5. The third kappa shape index (κ3) is 3.42. The van der Waals surface area contributed by atoms with E-state index < -0.39 is 10.7 Å². The highest BCUT2D eigenvalue weighted by Gasteiger charge is 2.25. The molecule has 3 aromatic rings. The molecule has 3 N–H and O–H groups in total. The van der Waals surface area contributed by atoms with Gasteiger partial charge in [-0.3, -0.25) is 10.1 Å². The van der Waals surface area contributed by atoms with E-state index in [4.69, 9.17) is 0 Å². The lowest BCUT2D eigenvalue weighted by Crippen LogP contribution is -2.08. The molecule has 0 bridgehead atoms. The molecule has 1 atom stereocenters. The van der Waals surface area contributed by atoms with Crippen molar-refractivity contribution in [3.63, 3.8) is 0 Å². The zero-order chi connectivity index (χ0) is 19.7. The molecule has 0 aliphatic carbocycles. The van der Waals surface area contributed by atoms with Crippen LogP contribution in [-0.2, 0) is 0 Å². The minimum absolute atomic E-state index is 0.216. The van der Waals surface area contributed by atoms with E-state index in [0.717, 1.165) is 16.7 Å². The third-order valence-electron chi connectivity index (χ3n) is 4.68. The van der Waals surface area contributed by atoms with E-state index in [-0.39, 0.29) is 23.1 Å². The topological polar surface area (TPSA) is 104 Å². The Hall–Kier alpha value is -3.54. The highest BCUT2D eigenvalue weighted by molar-refractivity contribution is 5.58. The van der Waals surface area contributed by atoms with Crippen molar-refractivity contribution in [1.29, 1.82) is 0 Å². The van der Waals surface area contributed by atoms with Gasteiger partial charge in [-0.15, -0.1) is 0 Å². The van der Waals surface area contributed by atoms with Gasteiger partial charge in [0.25, 0.3) is 0 Å². The van der Waals surface area contributed by atoms with Crippen LogP contribution in [0.2, 0.25) is 0 Å². The predicted molar refractivity (Wildman–Crippen MR) is 101 cm³/mol. The summed E-state index contributed by atoms with van der Waals surface area (Å²) in [5.74, 6) is -1.27. The summed E-state index contributed by atoms with van der Waals surface area (Å²) in [4.78, 5) is 10.5. The van der Waals surface area contributed by atoms with Crippen LogP contribution < -0.4 is 0 Å². The summed E-state index contributed by atoms with van der Waals surface area (Å²) < 4.78 is 0. The fourth-order valence-electron chi connectivity index (χ4n) is 3.34. The number of nitrogens with zero attached hydrogens (tertiary/aromatic N) is 1. The molecule has 0 spiro atoms. The fraction of sp³-hybridized carbons (Fsp3) is 0.143. The van der Waals surface area contributed by atoms with E-state index in [2.05, 4.69) is 0 Å². The molecule has 0 saturated carbocycles. The van der Waals surface area contributed by atoms with Crippen LogP contribution in [0.25, 0.3) is 0 Å². The first kappa shape index (κ1) is 18.3. The van der Waals surface area contributed by atoms with E-state index in [1.807, 2.05) is 37.3 Å². The Balaban J connectivity index is 2.29. The number of hydrogen-bond acceptors (Lipinski definition) is 5. The molecule has 6 heteroatoms. The largest absolute Gasteiger partial charge is 0.504 e. The molecule has 27 heavy (non-hydrogen) atoms. The molecule has 0 saturated heterocycles. The number of hydrogen-bond donors (Lipinski definition) is 3. The maximum Gasteiger partial charge on any atom is 0.310 e. The minimum atomic E-state index is -0.624. The molecule has 0 heterocycles. The monoisotopic (exact) mass is 365 g/mol. The number of aromatic hydroxyl groups is 3. The molecule has 138 valence electrons. The van der Waals surface area contributed by atoms with Crippen LogP contribution in [0.15, 0.2) is 54.6 Å². The second kappa shape index (κ2) is 6.99. The van der Waals surface area contributed by atoms with Crippen molar-refractivity contribution in [3.05, 3.63) is 92.5 Å². The van der Waals surface area contributed by atoms with Crippen LogP contribution in [0.5, 0.6) is 17.2 Å². The van der Waals surface area contributed by atoms with Gasteiger partial charge in [0.1, 0.15) is 0 Å². The molecular weight excluding hydrogens is 346 g/mol. The summed E-state index contributed by atoms with van der Waals surface area (Å²) in [7, 11) is 0. The Morgan fingerprint density at radius 2 is 1.33 bits per heavy atom. The SMILES string of the molecule is Cc1cc(O)c(O)cc1C(c1ccccc1)c1cc(O)c([N+](=O)[O-])cc1C. The van der Waals surface area contributed by atoms with Gasteiger partial charge in [0.2, 0.25) is 0 Å². The van der Waals surface area contributed by atoms with E-state index in [1.54, 1.807) is 6.92 Å². The van der Waals surface area contributed by atoms with Crippen molar-refractivity contribution in [2.24, 2.45) is 0 Å². The maximum atomic E-state index is 11.1. The van der Waals surface area contributed by atoms with Crippen molar-refractivity contribution in [3.8, 4) is 17.2 Å². The number of benzene rings is 3. The Kier molecular flexibility index (Phi) is 4.73. The van der Waals surface area contributed by atoms with E-state index in [1.165, 1.54) is 24.3 Å². The number of rotatable bonds is 4. The minimum Gasteiger partial charge on any atom is -0.504 e. The first-order valence-corrected chi connectivity index (χ1v) is 8.35. The van der Waals surface area contributed by atoms with Crippen LogP contribution in [0, 0.1) is 24.0 Å². The van der Waals surface area contributed by atoms with Crippen molar-refractivity contribution >= 4 is 5.69 Å². The first-order chi connectivity index (χ1) is 12.8. The first-order valence-electron chi connectivity index (χ1n) is 8.35. The molecule has 0 aliphatic heterocycles. The smallest absolute Gasteiger partial charge is 0.310 e. The van der Waals surface area contributed by atoms with Crippen molar-refractivity contribution < 1.29 is 20.2 Å². The van der Waals surface area contributed by atoms with Gasteiger partial charge in [-0.05, 0) is 59.9 Å². The van der Waals surface area contributed by atoms with E-state index in [0.29, 0.717) is 11.1 Å². The van der Waals surface area contributed by atoms with Gasteiger partial charge in [-0.2, -0.15) is 0 Å². The lowest BCUT2D eigenvalue weighted by Gasteiger charge is -2.23. The summed E-state index contributed by atoms with van der Waals surface area (Å²) in [6.07, 6.45) is 0. The molecule has 1 unspecified atom stereocenters. The third-order valence-corrected chi connectivity index (χ3v) is 4.68. The van der Waals surface area contributed by atoms with Crippen molar-refractivity contribution in [2.45, 2.75) is 19.8 Å². The zero-order valence-electron chi connectivity index (χ0n) is 14.9. The van der Waals surface area contributed by atoms with Gasteiger partial charge in [0.05, 0.1) is 4.92 Å². The van der Waals surface area contributed by atoms with Crippen LogP contribution in [0.4, 0.5) is 5.69 Å². The standard InChI is InChI=1S/C21H19NO5/c1-12-8-17(22(26)27)18(23)10-15(12)21(14-6-4-3-5-7-14)16-11-20(25)19(24)9-13(16)2/h3-11,21,23-25H,1-2H3. The van der Waals surface area contributed by atoms with E-state index >= 15 is 0 Å². The average molecular weight is 365 g/mol. The molecule has 0 aliphatic rings. The van der Waals surface area contributed by atoms with Crippen LogP contribution in [0.1, 0.15) is 33.7 Å². The van der Waals surface area contributed by atoms with Gasteiger partial charge in [0.15, 0.2) is 17.2 Å². The van der Waals surface area contributed by atoms with Gasteiger partial charge < -0.3 is 15.3 Å². The average Bonchev–Trinajstić information content (AvgIpc) is 2.62. The maximum absolute atomic E-state index is 11.1. The summed E-state index contributed by atoms with van der Waals surface area (Å²) in [5, 5.41) is 41.1. The van der Waals surface area contributed by atoms with Crippen LogP contribution in [-0.4, -0.2) is 20.2 Å². The summed E-state index contributed by atoms with van der Waals surface area (Å²) in [5.41, 5.74) is 3.33. The number of nitro groups is 1. The van der Waals surface area contributed by atoms with Crippen molar-refractivity contribution in [2.75, 3.05) is 0 Å². The van der Waals surface area contributed by atoms with Crippen LogP contribution >= 0.6 is 0 Å². The normalized spacial score (nSPS) is 11.9. The van der Waals surface area contributed by atoms with Crippen LogP contribution in [0.3, 0.4) is 0 Å². The molecule has 3 rings (SSSR count). The highest BCUT2D eigenvalue weighted by Crippen LogP contribution is 2.42. The van der Waals surface area contributed by atoms with Gasteiger partial charge in [0, 0.05) is 12.0 Å². The second-order valence-electron chi connectivity index (χ2n) is 6.50. The lowest BCUT2D eigenvalue weighted by atomic mass is 9.81. The second-order valence-corrected chi connectivity index (χ2v) is 6.50. The Morgan fingerprint density at radius 1 is 0.815 bits per heavy atom. The molecule has 0 fully saturated rings. The molecule has 0 aromatic heterocycles. The fourth-order valence-corrected chi connectivity index (χ4v) is 3.34. The predicted octanol–water partition coefficient (Wildman–Crippen LogP) is 4.51. The molecule has 0 amide bonds. The molecule has 0 radical (unpaired) electrons. The quantitative estimate of drug-likeness (QED) is 0.273. The van der Waals surface area contributed by atoms with Gasteiger partial charge in [-0.25, -0.2) is 0 Å². The Bertz CT molecular complexity index is 1010. The number of nitro benzene ring substituents is 1. The molecule has 3 aromatic carbocycles. The summed E-state index contributed by atoms with van der Waals surface area (Å²) in [6.45, 7) is 3.55. The number of aryl methyl sites for hydroxylation is 2. The van der Waals surface area contributed by atoms with Crippen molar-refractivity contribution in [1.82, 2.24) is 0 Å². The molecule has 6 nitrogen and oxygen atoms in total. The highest BCUT2D eigenvalue weighted by atomic mass is 16.6. The van der Waals surface area contributed by atoms with Gasteiger partial charge >= 0.3 is 5.69 Å². The Morgan fingerprint density at radius 3 is 1.93 bits per heavy atom. The lowest BCUT2D eigenvalue weighted by molar-refractivity contribution is -0.385. The van der Waals surface area contributed by atoms with Gasteiger partial charge in [-0.1, -0.05) is 30.3 Å². The number of phenolic OH excluding ortho intramolecular Hbond substituents is 3. The van der Waals surface area contributed by atoms with E-state index in [9.17, 15) is 25.4 Å². The Labute approximate surface area is 156 Å². The zero-order valence-corrected chi connectivity index (χ0v) is 14.9. The number of phenols is 3. The summed E-state index contributed by atoms with van der Waals surface area (Å²) >= 11 is 0.